The molecule has 0 saturated carbocycles. The number of ether oxygens (including phenoxy) is 3. The Morgan fingerprint density at radius 2 is 1.91 bits per heavy atom. The zero-order chi connectivity index (χ0) is 24.3. The summed E-state index contributed by atoms with van der Waals surface area (Å²) < 4.78 is 16.4. The summed E-state index contributed by atoms with van der Waals surface area (Å²) in [7, 11) is 0. The topological polar surface area (TPSA) is 94.2 Å². The van der Waals surface area contributed by atoms with Crippen LogP contribution in [-0.4, -0.2) is 44.1 Å². The van der Waals surface area contributed by atoms with Crippen LogP contribution in [0.1, 0.15) is 38.7 Å². The van der Waals surface area contributed by atoms with Gasteiger partial charge in [-0.3, -0.25) is 9.59 Å². The van der Waals surface area contributed by atoms with Crippen LogP contribution < -0.4 is 19.7 Å². The van der Waals surface area contributed by atoms with Gasteiger partial charge in [0, 0.05) is 19.0 Å². The van der Waals surface area contributed by atoms with Crippen molar-refractivity contribution in [1.29, 1.82) is 0 Å². The predicted molar refractivity (Wildman–Crippen MR) is 130 cm³/mol. The lowest BCUT2D eigenvalue weighted by Crippen LogP contribution is -2.26. The van der Waals surface area contributed by atoms with Gasteiger partial charge in [0.25, 0.3) is 5.91 Å². The van der Waals surface area contributed by atoms with E-state index in [1.54, 1.807) is 53.4 Å². The smallest absolute Gasteiger partial charge is 0.331 e. The highest BCUT2D eigenvalue weighted by Crippen LogP contribution is 2.30. The maximum absolute atomic E-state index is 12.3. The molecule has 2 amide bonds. The summed E-state index contributed by atoms with van der Waals surface area (Å²) in [5.74, 6) is 0.132. The molecule has 0 unspecified atom stereocenters. The van der Waals surface area contributed by atoms with Crippen LogP contribution in [-0.2, 0) is 19.1 Å². The number of amides is 2. The zero-order valence-electron chi connectivity index (χ0n) is 19.5. The average Bonchev–Trinajstić information content (AvgIpc) is 3.27. The minimum Gasteiger partial charge on any atom is -0.490 e. The molecule has 180 valence electrons. The van der Waals surface area contributed by atoms with Gasteiger partial charge in [0.2, 0.25) is 5.91 Å². The number of anilines is 2. The summed E-state index contributed by atoms with van der Waals surface area (Å²) in [5, 5.41) is 2.72. The predicted octanol–water partition coefficient (Wildman–Crippen LogP) is 4.20. The number of para-hydroxylation sites is 2. The summed E-state index contributed by atoms with van der Waals surface area (Å²) >= 11 is 0. The maximum atomic E-state index is 12.3. The molecule has 3 rings (SSSR count). The van der Waals surface area contributed by atoms with Gasteiger partial charge in [-0.1, -0.05) is 25.1 Å². The van der Waals surface area contributed by atoms with Gasteiger partial charge < -0.3 is 24.4 Å². The van der Waals surface area contributed by atoms with Crippen LogP contribution in [0.5, 0.6) is 11.5 Å². The molecule has 1 aliphatic rings. The van der Waals surface area contributed by atoms with Crippen LogP contribution in [0.4, 0.5) is 11.4 Å². The Balaban J connectivity index is 1.55. The lowest BCUT2D eigenvalue weighted by atomic mass is 10.2. The van der Waals surface area contributed by atoms with Crippen LogP contribution >= 0.6 is 0 Å². The first-order chi connectivity index (χ1) is 16.5. The summed E-state index contributed by atoms with van der Waals surface area (Å²) in [6.45, 7) is 5.15. The number of rotatable bonds is 11. The second-order valence-corrected chi connectivity index (χ2v) is 7.64. The second kappa shape index (κ2) is 12.4. The molecule has 0 radical (unpaired) electrons. The Labute approximate surface area is 199 Å². The van der Waals surface area contributed by atoms with E-state index in [-0.39, 0.29) is 5.91 Å². The first-order valence-corrected chi connectivity index (χ1v) is 11.5. The molecule has 2 aromatic rings. The maximum Gasteiger partial charge on any atom is 0.331 e. The van der Waals surface area contributed by atoms with E-state index in [0.717, 1.165) is 18.4 Å². The van der Waals surface area contributed by atoms with E-state index in [1.807, 2.05) is 13.8 Å². The Hall–Kier alpha value is -3.81. The molecule has 1 aliphatic heterocycles. The summed E-state index contributed by atoms with van der Waals surface area (Å²) in [6, 6.07) is 12.4. The van der Waals surface area contributed by atoms with Crippen molar-refractivity contribution in [2.24, 2.45) is 0 Å². The molecule has 0 atom stereocenters. The van der Waals surface area contributed by atoms with Gasteiger partial charge in [0.15, 0.2) is 18.1 Å². The molecule has 0 aromatic heterocycles. The van der Waals surface area contributed by atoms with Crippen LogP contribution in [0.25, 0.3) is 6.08 Å². The normalized spacial score (nSPS) is 13.2. The summed E-state index contributed by atoms with van der Waals surface area (Å²) in [6.07, 6.45) is 5.00. The number of nitrogens with one attached hydrogen (secondary N) is 1. The highest BCUT2D eigenvalue weighted by molar-refractivity contribution is 6.02. The number of esters is 1. The molecule has 0 spiro atoms. The van der Waals surface area contributed by atoms with Gasteiger partial charge in [-0.05, 0) is 55.7 Å². The fourth-order valence-corrected chi connectivity index (χ4v) is 3.48. The molecule has 1 N–H and O–H groups in total. The van der Waals surface area contributed by atoms with Crippen molar-refractivity contribution in [1.82, 2.24) is 0 Å². The standard InChI is InChI=1S/C26H30N2O6/c1-3-16-33-22-13-11-19(17-23(22)32-4-2)12-14-26(31)34-18-24(29)27-20-8-5-6-9-21(20)28-15-7-10-25(28)30/h5-6,8-9,11-14,17H,3-4,7,10,15-16,18H2,1-2H3,(H,27,29)/b14-12+. The second-order valence-electron chi connectivity index (χ2n) is 7.64. The van der Waals surface area contributed by atoms with Gasteiger partial charge in [0.05, 0.1) is 24.6 Å². The number of hydrogen-bond acceptors (Lipinski definition) is 6. The molecule has 1 saturated heterocycles. The summed E-state index contributed by atoms with van der Waals surface area (Å²) in [5.41, 5.74) is 1.88. The number of carbonyl (C=O) groups is 3. The van der Waals surface area contributed by atoms with Crippen LogP contribution in [0.2, 0.25) is 0 Å². The van der Waals surface area contributed by atoms with Crippen LogP contribution in [0.3, 0.4) is 0 Å². The van der Waals surface area contributed by atoms with Gasteiger partial charge in [-0.2, -0.15) is 0 Å². The molecule has 8 heteroatoms. The lowest BCUT2D eigenvalue weighted by molar-refractivity contribution is -0.142. The lowest BCUT2D eigenvalue weighted by Gasteiger charge is -2.19. The van der Waals surface area contributed by atoms with Gasteiger partial charge in [-0.25, -0.2) is 4.79 Å². The van der Waals surface area contributed by atoms with Crippen LogP contribution in [0, 0.1) is 0 Å². The molecule has 34 heavy (non-hydrogen) atoms. The minimum atomic E-state index is -0.651. The Morgan fingerprint density at radius 3 is 2.65 bits per heavy atom. The van der Waals surface area contributed by atoms with Crippen molar-refractivity contribution in [3.63, 3.8) is 0 Å². The van der Waals surface area contributed by atoms with Gasteiger partial charge in [0.1, 0.15) is 0 Å². The highest BCUT2D eigenvalue weighted by Gasteiger charge is 2.24. The number of hydrogen-bond donors (Lipinski definition) is 1. The van der Waals surface area contributed by atoms with E-state index >= 15 is 0 Å². The average molecular weight is 467 g/mol. The molecule has 2 aromatic carbocycles. The summed E-state index contributed by atoms with van der Waals surface area (Å²) in [4.78, 5) is 38.2. The molecule has 8 nitrogen and oxygen atoms in total. The largest absolute Gasteiger partial charge is 0.490 e. The number of carbonyl (C=O) groups excluding carboxylic acids is 3. The van der Waals surface area contributed by atoms with Gasteiger partial charge >= 0.3 is 5.97 Å². The molecule has 1 fully saturated rings. The Kier molecular flexibility index (Phi) is 9.08. The first kappa shape index (κ1) is 24.8. The van der Waals surface area contributed by atoms with E-state index in [1.165, 1.54) is 6.08 Å². The Bertz CT molecular complexity index is 1050. The SMILES string of the molecule is CCCOc1ccc(/C=C/C(=O)OCC(=O)Nc2ccccc2N2CCCC2=O)cc1OCC. The van der Waals surface area contributed by atoms with Crippen LogP contribution in [0.15, 0.2) is 48.5 Å². The molecular formula is C26H30N2O6. The fourth-order valence-electron chi connectivity index (χ4n) is 3.48. The van der Waals surface area contributed by atoms with Gasteiger partial charge in [-0.15, -0.1) is 0 Å². The van der Waals surface area contributed by atoms with Crippen molar-refractivity contribution in [2.45, 2.75) is 33.1 Å². The van der Waals surface area contributed by atoms with E-state index in [2.05, 4.69) is 5.32 Å². The molecule has 0 aliphatic carbocycles. The Morgan fingerprint density at radius 1 is 1.09 bits per heavy atom. The zero-order valence-corrected chi connectivity index (χ0v) is 19.5. The van der Waals surface area contributed by atoms with Crippen molar-refractivity contribution < 1.29 is 28.6 Å². The molecule has 1 heterocycles. The van der Waals surface area contributed by atoms with Crippen molar-refractivity contribution in [3.8, 4) is 11.5 Å². The third-order valence-corrected chi connectivity index (χ3v) is 5.03. The van der Waals surface area contributed by atoms with E-state index in [0.29, 0.717) is 49.1 Å². The van der Waals surface area contributed by atoms with E-state index in [9.17, 15) is 14.4 Å². The third kappa shape index (κ3) is 6.84. The van der Waals surface area contributed by atoms with Crippen molar-refractivity contribution in [2.75, 3.05) is 36.6 Å². The highest BCUT2D eigenvalue weighted by atomic mass is 16.5. The fraction of sp³-hybridized carbons (Fsp3) is 0.346. The van der Waals surface area contributed by atoms with E-state index < -0.39 is 18.5 Å². The quantitative estimate of drug-likeness (QED) is 0.394. The van der Waals surface area contributed by atoms with E-state index in [4.69, 9.17) is 14.2 Å². The number of nitrogens with zero attached hydrogens (tertiary/aromatic N) is 1. The first-order valence-electron chi connectivity index (χ1n) is 11.5. The monoisotopic (exact) mass is 466 g/mol. The number of benzene rings is 2. The molecular weight excluding hydrogens is 436 g/mol. The third-order valence-electron chi connectivity index (χ3n) is 5.03. The molecule has 0 bridgehead atoms. The van der Waals surface area contributed by atoms with Crippen molar-refractivity contribution >= 4 is 35.2 Å². The van der Waals surface area contributed by atoms with Crippen molar-refractivity contribution in [3.05, 3.63) is 54.1 Å². The minimum absolute atomic E-state index is 0.0238.